The van der Waals surface area contributed by atoms with Gasteiger partial charge in [0.2, 0.25) is 0 Å². The highest BCUT2D eigenvalue weighted by Gasteiger charge is 2.30. The van der Waals surface area contributed by atoms with E-state index >= 15 is 0 Å². The van der Waals surface area contributed by atoms with Crippen molar-refractivity contribution in [1.29, 1.82) is 0 Å². The summed E-state index contributed by atoms with van der Waals surface area (Å²) >= 11 is 0. The SMILES string of the molecule is Cc1nc(-c2nnn(C)c2COC(=O)N(C)C2CCCC2)ccc1O[C@H]1CCC[C@H](C(=O)OC(C)C)C1. The number of pyridine rings is 1. The lowest BCUT2D eigenvalue weighted by atomic mass is 9.87. The summed E-state index contributed by atoms with van der Waals surface area (Å²) in [6.07, 6.45) is 7.10. The van der Waals surface area contributed by atoms with Crippen LogP contribution in [0.4, 0.5) is 4.79 Å². The molecule has 10 heteroatoms. The smallest absolute Gasteiger partial charge is 0.410 e. The van der Waals surface area contributed by atoms with Gasteiger partial charge in [0, 0.05) is 20.1 Å². The molecule has 2 saturated carbocycles. The van der Waals surface area contributed by atoms with Crippen molar-refractivity contribution in [1.82, 2.24) is 24.9 Å². The number of carbonyl (C=O) groups is 2. The summed E-state index contributed by atoms with van der Waals surface area (Å²) in [5.41, 5.74) is 2.60. The summed E-state index contributed by atoms with van der Waals surface area (Å²) in [4.78, 5) is 31.4. The van der Waals surface area contributed by atoms with Crippen molar-refractivity contribution in [3.8, 4) is 17.1 Å². The van der Waals surface area contributed by atoms with E-state index in [0.29, 0.717) is 29.3 Å². The third kappa shape index (κ3) is 6.59. The maximum Gasteiger partial charge on any atom is 0.410 e. The summed E-state index contributed by atoms with van der Waals surface area (Å²) in [6.45, 7) is 5.68. The molecule has 2 atom stereocenters. The molecule has 0 aromatic carbocycles. The fourth-order valence-corrected chi connectivity index (χ4v) is 5.19. The third-order valence-corrected chi connectivity index (χ3v) is 7.32. The number of nitrogens with zero attached hydrogens (tertiary/aromatic N) is 5. The van der Waals surface area contributed by atoms with E-state index in [1.165, 1.54) is 0 Å². The second kappa shape index (κ2) is 11.9. The highest BCUT2D eigenvalue weighted by atomic mass is 16.6. The summed E-state index contributed by atoms with van der Waals surface area (Å²) in [7, 11) is 3.57. The monoisotopic (exact) mass is 513 g/mol. The van der Waals surface area contributed by atoms with Gasteiger partial charge in [0.1, 0.15) is 23.7 Å². The molecule has 0 saturated heterocycles. The van der Waals surface area contributed by atoms with Gasteiger partial charge in [0.05, 0.1) is 29.5 Å². The molecular formula is C27H39N5O5. The Bertz CT molecular complexity index is 1090. The lowest BCUT2D eigenvalue weighted by Gasteiger charge is -2.29. The molecule has 2 heterocycles. The lowest BCUT2D eigenvalue weighted by Crippen LogP contribution is -2.35. The Morgan fingerprint density at radius 3 is 2.59 bits per heavy atom. The first-order valence-corrected chi connectivity index (χ1v) is 13.4. The highest BCUT2D eigenvalue weighted by molar-refractivity contribution is 5.72. The first-order chi connectivity index (χ1) is 17.7. The van der Waals surface area contributed by atoms with E-state index in [2.05, 4.69) is 10.3 Å². The molecule has 202 valence electrons. The van der Waals surface area contributed by atoms with Gasteiger partial charge >= 0.3 is 12.1 Å². The van der Waals surface area contributed by atoms with Gasteiger partial charge in [-0.1, -0.05) is 18.1 Å². The van der Waals surface area contributed by atoms with Gasteiger partial charge in [-0.3, -0.25) is 4.79 Å². The van der Waals surface area contributed by atoms with Crippen molar-refractivity contribution in [2.24, 2.45) is 13.0 Å². The summed E-state index contributed by atoms with van der Waals surface area (Å²) < 4.78 is 18.9. The fourth-order valence-electron chi connectivity index (χ4n) is 5.19. The van der Waals surface area contributed by atoms with E-state index in [1.54, 1.807) is 23.7 Å². The summed E-state index contributed by atoms with van der Waals surface area (Å²) in [5.74, 6) is 0.409. The number of rotatable bonds is 8. The van der Waals surface area contributed by atoms with Crippen LogP contribution in [-0.2, 0) is 27.9 Å². The number of carbonyl (C=O) groups excluding carboxylic acids is 2. The van der Waals surface area contributed by atoms with E-state index in [4.69, 9.17) is 19.2 Å². The Hall–Kier alpha value is -3.17. The molecule has 0 unspecified atom stereocenters. The molecule has 4 rings (SSSR count). The number of hydrogen-bond donors (Lipinski definition) is 0. The molecule has 0 spiro atoms. The van der Waals surface area contributed by atoms with Crippen molar-refractivity contribution >= 4 is 12.1 Å². The topological polar surface area (TPSA) is 109 Å². The van der Waals surface area contributed by atoms with E-state index < -0.39 is 0 Å². The van der Waals surface area contributed by atoms with Crippen LogP contribution in [0.2, 0.25) is 0 Å². The van der Waals surface area contributed by atoms with Crippen LogP contribution in [0.3, 0.4) is 0 Å². The molecule has 0 aliphatic heterocycles. The number of hydrogen-bond acceptors (Lipinski definition) is 8. The van der Waals surface area contributed by atoms with Gasteiger partial charge in [-0.25, -0.2) is 14.5 Å². The van der Waals surface area contributed by atoms with Crippen molar-refractivity contribution in [2.75, 3.05) is 7.05 Å². The number of esters is 1. The van der Waals surface area contributed by atoms with Gasteiger partial charge in [-0.05, 0) is 71.4 Å². The van der Waals surface area contributed by atoms with Gasteiger partial charge < -0.3 is 19.1 Å². The Kier molecular flexibility index (Phi) is 8.66. The van der Waals surface area contributed by atoms with Crippen LogP contribution >= 0.6 is 0 Å². The zero-order valence-electron chi connectivity index (χ0n) is 22.6. The first-order valence-electron chi connectivity index (χ1n) is 13.4. The second-order valence-electron chi connectivity index (χ2n) is 10.5. The fraction of sp³-hybridized carbons (Fsp3) is 0.667. The molecule has 0 radical (unpaired) electrons. The average Bonchev–Trinajstić information content (AvgIpc) is 3.53. The molecule has 0 bridgehead atoms. The molecule has 1 amide bonds. The van der Waals surface area contributed by atoms with Crippen LogP contribution in [0, 0.1) is 12.8 Å². The van der Waals surface area contributed by atoms with Crippen LogP contribution in [-0.4, -0.2) is 62.2 Å². The molecule has 2 fully saturated rings. The molecular weight excluding hydrogens is 474 g/mol. The molecule has 10 nitrogen and oxygen atoms in total. The van der Waals surface area contributed by atoms with Gasteiger partial charge in [-0.2, -0.15) is 0 Å². The molecule has 2 aliphatic rings. The van der Waals surface area contributed by atoms with E-state index in [0.717, 1.165) is 50.6 Å². The zero-order valence-corrected chi connectivity index (χ0v) is 22.6. The standard InChI is InChI=1S/C27H39N5O5/c1-17(2)36-26(33)19-9-8-12-21(15-19)37-24-14-13-22(28-18(24)3)25-23(32(5)30-29-25)16-35-27(34)31(4)20-10-6-7-11-20/h13-14,17,19-21H,6-12,15-16H2,1-5H3/t19-,21-/m0/s1. The van der Waals surface area contributed by atoms with E-state index in [1.807, 2.05) is 32.9 Å². The van der Waals surface area contributed by atoms with Crippen LogP contribution in [0.15, 0.2) is 12.1 Å². The van der Waals surface area contributed by atoms with Crippen LogP contribution in [0.1, 0.15) is 76.6 Å². The maximum absolute atomic E-state index is 12.6. The van der Waals surface area contributed by atoms with Crippen molar-refractivity contribution in [3.05, 3.63) is 23.5 Å². The van der Waals surface area contributed by atoms with E-state index in [-0.39, 0.29) is 42.8 Å². The summed E-state index contributed by atoms with van der Waals surface area (Å²) in [6, 6.07) is 3.97. The molecule has 0 N–H and O–H groups in total. The summed E-state index contributed by atoms with van der Waals surface area (Å²) in [5, 5.41) is 8.41. The molecule has 37 heavy (non-hydrogen) atoms. The van der Waals surface area contributed by atoms with Crippen LogP contribution in [0.25, 0.3) is 11.4 Å². The van der Waals surface area contributed by atoms with Crippen LogP contribution < -0.4 is 4.74 Å². The molecule has 2 aliphatic carbocycles. The average molecular weight is 514 g/mol. The van der Waals surface area contributed by atoms with Crippen molar-refractivity contribution < 1.29 is 23.8 Å². The minimum absolute atomic E-state index is 0.0592. The zero-order chi connectivity index (χ0) is 26.5. The third-order valence-electron chi connectivity index (χ3n) is 7.32. The predicted octanol–water partition coefficient (Wildman–Crippen LogP) is 4.59. The Morgan fingerprint density at radius 1 is 1.14 bits per heavy atom. The van der Waals surface area contributed by atoms with E-state index in [9.17, 15) is 9.59 Å². The Morgan fingerprint density at radius 2 is 1.89 bits per heavy atom. The second-order valence-corrected chi connectivity index (χ2v) is 10.5. The van der Waals surface area contributed by atoms with Gasteiger partial charge in [0.15, 0.2) is 0 Å². The number of ether oxygens (including phenoxy) is 3. The minimum atomic E-state index is -0.338. The van der Waals surface area contributed by atoms with Gasteiger partial charge in [0.25, 0.3) is 0 Å². The van der Waals surface area contributed by atoms with Gasteiger partial charge in [-0.15, -0.1) is 5.10 Å². The first kappa shape index (κ1) is 26.9. The highest BCUT2D eigenvalue weighted by Crippen LogP contribution is 2.31. The quantitative estimate of drug-likeness (QED) is 0.472. The Labute approximate surface area is 218 Å². The predicted molar refractivity (Wildman–Crippen MR) is 137 cm³/mol. The minimum Gasteiger partial charge on any atom is -0.489 e. The number of aryl methyl sites for hydroxylation is 2. The number of aromatic nitrogens is 4. The molecule has 2 aromatic heterocycles. The normalized spacial score (nSPS) is 20.2. The van der Waals surface area contributed by atoms with Crippen LogP contribution in [0.5, 0.6) is 5.75 Å². The van der Waals surface area contributed by atoms with Crippen molar-refractivity contribution in [3.63, 3.8) is 0 Å². The Balaban J connectivity index is 1.40. The lowest BCUT2D eigenvalue weighted by molar-refractivity contribution is -0.154. The largest absolute Gasteiger partial charge is 0.489 e. The maximum atomic E-state index is 12.6. The number of amides is 1. The van der Waals surface area contributed by atoms with Crippen molar-refractivity contribution in [2.45, 2.75) is 97.0 Å². The molecule has 2 aromatic rings.